The molecule has 0 saturated heterocycles. The first-order chi connectivity index (χ1) is 7.88. The highest BCUT2D eigenvalue weighted by molar-refractivity contribution is 5.79. The number of aromatic nitrogens is 1. The third kappa shape index (κ3) is 2.76. The Hall–Kier alpha value is -1.96. The SMILES string of the molecule is CCc1cccc(C=Nc2ccccc2)n1. The van der Waals surface area contributed by atoms with Crippen molar-refractivity contribution in [2.24, 2.45) is 4.99 Å². The van der Waals surface area contributed by atoms with Crippen molar-refractivity contribution in [3.63, 3.8) is 0 Å². The van der Waals surface area contributed by atoms with Crippen molar-refractivity contribution in [2.75, 3.05) is 0 Å². The van der Waals surface area contributed by atoms with Crippen LogP contribution in [0.25, 0.3) is 0 Å². The van der Waals surface area contributed by atoms with Gasteiger partial charge in [0.25, 0.3) is 0 Å². The van der Waals surface area contributed by atoms with Crippen LogP contribution in [0.2, 0.25) is 0 Å². The number of nitrogens with zero attached hydrogens (tertiary/aromatic N) is 2. The molecule has 0 amide bonds. The van der Waals surface area contributed by atoms with Crippen molar-refractivity contribution in [3.05, 3.63) is 59.9 Å². The van der Waals surface area contributed by atoms with Crippen LogP contribution in [0.4, 0.5) is 5.69 Å². The lowest BCUT2D eigenvalue weighted by molar-refractivity contribution is 1.03. The van der Waals surface area contributed by atoms with Gasteiger partial charge in [-0.05, 0) is 30.7 Å². The lowest BCUT2D eigenvalue weighted by atomic mass is 10.2. The van der Waals surface area contributed by atoms with Gasteiger partial charge in [-0.25, -0.2) is 0 Å². The molecule has 16 heavy (non-hydrogen) atoms. The molecule has 80 valence electrons. The molecule has 0 aliphatic heterocycles. The molecule has 2 rings (SSSR count). The van der Waals surface area contributed by atoms with Crippen LogP contribution < -0.4 is 0 Å². The van der Waals surface area contributed by atoms with E-state index in [2.05, 4.69) is 16.9 Å². The van der Waals surface area contributed by atoms with E-state index in [1.165, 1.54) is 0 Å². The van der Waals surface area contributed by atoms with Crippen LogP contribution in [-0.4, -0.2) is 11.2 Å². The molecule has 0 atom stereocenters. The molecule has 2 heteroatoms. The molecular formula is C14H14N2. The Morgan fingerprint density at radius 1 is 1.06 bits per heavy atom. The Bertz CT molecular complexity index is 475. The second-order valence-corrected chi connectivity index (χ2v) is 3.50. The summed E-state index contributed by atoms with van der Waals surface area (Å²) in [6.07, 6.45) is 2.75. The summed E-state index contributed by atoms with van der Waals surface area (Å²) in [5.41, 5.74) is 2.95. The van der Waals surface area contributed by atoms with Crippen LogP contribution in [-0.2, 0) is 6.42 Å². The number of aliphatic imine (C=N–C) groups is 1. The molecule has 0 unspecified atom stereocenters. The largest absolute Gasteiger partial charge is 0.255 e. The summed E-state index contributed by atoms with van der Waals surface area (Å²) in [5.74, 6) is 0. The van der Waals surface area contributed by atoms with Crippen LogP contribution in [0.15, 0.2) is 53.5 Å². The second-order valence-electron chi connectivity index (χ2n) is 3.50. The average Bonchev–Trinajstić information content (AvgIpc) is 2.38. The van der Waals surface area contributed by atoms with Gasteiger partial charge in [-0.1, -0.05) is 31.2 Å². The third-order valence-electron chi connectivity index (χ3n) is 2.29. The molecule has 2 aromatic rings. The van der Waals surface area contributed by atoms with E-state index in [4.69, 9.17) is 0 Å². The normalized spacial score (nSPS) is 10.8. The molecule has 1 aromatic heterocycles. The fraction of sp³-hybridized carbons (Fsp3) is 0.143. The number of rotatable bonds is 3. The van der Waals surface area contributed by atoms with Gasteiger partial charge in [0.15, 0.2) is 0 Å². The highest BCUT2D eigenvalue weighted by atomic mass is 14.8. The van der Waals surface area contributed by atoms with Gasteiger partial charge in [-0.2, -0.15) is 0 Å². The van der Waals surface area contributed by atoms with Crippen LogP contribution in [0, 0.1) is 0 Å². The van der Waals surface area contributed by atoms with Gasteiger partial charge in [-0.3, -0.25) is 9.98 Å². The fourth-order valence-electron chi connectivity index (χ4n) is 1.42. The monoisotopic (exact) mass is 210 g/mol. The molecule has 1 heterocycles. The quantitative estimate of drug-likeness (QED) is 0.713. The number of para-hydroxylation sites is 1. The van der Waals surface area contributed by atoms with Crippen LogP contribution in [0.1, 0.15) is 18.3 Å². The summed E-state index contributed by atoms with van der Waals surface area (Å²) >= 11 is 0. The van der Waals surface area contributed by atoms with Gasteiger partial charge in [0, 0.05) is 5.69 Å². The molecule has 0 bridgehead atoms. The molecule has 0 aliphatic carbocycles. The predicted molar refractivity (Wildman–Crippen MR) is 67.3 cm³/mol. The van der Waals surface area contributed by atoms with Gasteiger partial charge >= 0.3 is 0 Å². The van der Waals surface area contributed by atoms with E-state index in [-0.39, 0.29) is 0 Å². The minimum Gasteiger partial charge on any atom is -0.255 e. The van der Waals surface area contributed by atoms with Crippen LogP contribution >= 0.6 is 0 Å². The smallest absolute Gasteiger partial charge is 0.0815 e. The second kappa shape index (κ2) is 5.21. The lowest BCUT2D eigenvalue weighted by Gasteiger charge is -1.97. The Kier molecular flexibility index (Phi) is 3.44. The molecular weight excluding hydrogens is 196 g/mol. The van der Waals surface area contributed by atoms with E-state index >= 15 is 0 Å². The fourth-order valence-corrected chi connectivity index (χ4v) is 1.42. The van der Waals surface area contributed by atoms with E-state index < -0.39 is 0 Å². The third-order valence-corrected chi connectivity index (χ3v) is 2.29. The first kappa shape index (κ1) is 10.6. The first-order valence-corrected chi connectivity index (χ1v) is 5.43. The highest BCUT2D eigenvalue weighted by Gasteiger charge is 1.92. The van der Waals surface area contributed by atoms with Crippen molar-refractivity contribution in [3.8, 4) is 0 Å². The maximum atomic E-state index is 4.46. The molecule has 0 fully saturated rings. The van der Waals surface area contributed by atoms with Gasteiger partial charge in [-0.15, -0.1) is 0 Å². The van der Waals surface area contributed by atoms with Gasteiger partial charge < -0.3 is 0 Å². The Morgan fingerprint density at radius 2 is 1.88 bits per heavy atom. The standard InChI is InChI=1S/C14H14N2/c1-2-12-9-6-10-14(16-12)11-15-13-7-4-3-5-8-13/h3-11H,2H2,1H3. The zero-order chi connectivity index (χ0) is 11.2. The molecule has 0 N–H and O–H groups in total. The van der Waals surface area contributed by atoms with Gasteiger partial charge in [0.1, 0.15) is 0 Å². The van der Waals surface area contributed by atoms with Gasteiger partial charge in [0.05, 0.1) is 17.6 Å². The zero-order valence-corrected chi connectivity index (χ0v) is 9.30. The van der Waals surface area contributed by atoms with Crippen molar-refractivity contribution in [1.82, 2.24) is 4.98 Å². The highest BCUT2D eigenvalue weighted by Crippen LogP contribution is 2.09. The zero-order valence-electron chi connectivity index (χ0n) is 9.30. The van der Waals surface area contributed by atoms with Crippen molar-refractivity contribution in [1.29, 1.82) is 0 Å². The summed E-state index contributed by atoms with van der Waals surface area (Å²) in [6.45, 7) is 2.10. The molecule has 0 aliphatic rings. The number of pyridine rings is 1. The average molecular weight is 210 g/mol. The number of hydrogen-bond acceptors (Lipinski definition) is 2. The maximum Gasteiger partial charge on any atom is 0.0815 e. The Balaban J connectivity index is 2.17. The molecule has 0 radical (unpaired) electrons. The number of hydrogen-bond donors (Lipinski definition) is 0. The van der Waals surface area contributed by atoms with Crippen LogP contribution in [0.3, 0.4) is 0 Å². The van der Waals surface area contributed by atoms with E-state index in [1.54, 1.807) is 6.21 Å². The molecule has 0 spiro atoms. The van der Waals surface area contributed by atoms with E-state index in [0.29, 0.717) is 0 Å². The minimum atomic E-state index is 0.906. The summed E-state index contributed by atoms with van der Waals surface area (Å²) in [7, 11) is 0. The Labute approximate surface area is 95.7 Å². The molecule has 2 nitrogen and oxygen atoms in total. The number of aryl methyl sites for hydroxylation is 1. The van der Waals surface area contributed by atoms with Crippen molar-refractivity contribution >= 4 is 11.9 Å². The number of benzene rings is 1. The predicted octanol–water partition coefficient (Wildman–Crippen LogP) is 3.39. The Morgan fingerprint density at radius 3 is 2.62 bits per heavy atom. The topological polar surface area (TPSA) is 25.2 Å². The molecule has 0 saturated carbocycles. The summed E-state index contributed by atoms with van der Waals surface area (Å²) in [5, 5.41) is 0. The van der Waals surface area contributed by atoms with Crippen LogP contribution in [0.5, 0.6) is 0 Å². The summed E-state index contributed by atoms with van der Waals surface area (Å²) in [6, 6.07) is 15.9. The first-order valence-electron chi connectivity index (χ1n) is 5.43. The van der Waals surface area contributed by atoms with E-state index in [1.807, 2.05) is 48.5 Å². The summed E-state index contributed by atoms with van der Waals surface area (Å²) < 4.78 is 0. The van der Waals surface area contributed by atoms with Crippen molar-refractivity contribution < 1.29 is 0 Å². The van der Waals surface area contributed by atoms with Gasteiger partial charge in [0.2, 0.25) is 0 Å². The minimum absolute atomic E-state index is 0.906. The maximum absolute atomic E-state index is 4.46. The lowest BCUT2D eigenvalue weighted by Crippen LogP contribution is -1.92. The van der Waals surface area contributed by atoms with E-state index in [0.717, 1.165) is 23.5 Å². The van der Waals surface area contributed by atoms with E-state index in [9.17, 15) is 0 Å². The summed E-state index contributed by atoms with van der Waals surface area (Å²) in [4.78, 5) is 8.82. The molecule has 1 aromatic carbocycles. The van der Waals surface area contributed by atoms with Crippen molar-refractivity contribution in [2.45, 2.75) is 13.3 Å².